The molecule has 1 aromatic heterocycles. The molecule has 0 N–H and O–H groups in total. The molecule has 0 aliphatic rings. The van der Waals surface area contributed by atoms with E-state index in [1.807, 2.05) is 0 Å². The van der Waals surface area contributed by atoms with Crippen LogP contribution in [-0.4, -0.2) is 18.1 Å². The predicted molar refractivity (Wildman–Crippen MR) is 44.9 cm³/mol. The number of esters is 1. The summed E-state index contributed by atoms with van der Waals surface area (Å²) in [5.74, 6) is -1.72. The highest BCUT2D eigenvalue weighted by Gasteiger charge is 2.14. The maximum absolute atomic E-state index is 13.1. The van der Waals surface area contributed by atoms with Gasteiger partial charge in [-0.25, -0.2) is 13.8 Å². The highest BCUT2D eigenvalue weighted by atomic mass is 19.3. The molecule has 0 atom stereocenters. The number of carbonyl (C=O) groups excluding carboxylic acids is 1. The minimum absolute atomic E-state index is 0.0637. The van der Waals surface area contributed by atoms with Gasteiger partial charge in [0.15, 0.2) is 0 Å². The summed E-state index contributed by atoms with van der Waals surface area (Å²) in [5.41, 5.74) is -0.715. The zero-order chi connectivity index (χ0) is 11.4. The molecule has 0 aromatic carbocycles. The zero-order valence-corrected chi connectivity index (χ0v) is 7.84. The molecular formula is C9H8F3NO2. The van der Waals surface area contributed by atoms with E-state index >= 15 is 0 Å². The van der Waals surface area contributed by atoms with E-state index in [4.69, 9.17) is 0 Å². The van der Waals surface area contributed by atoms with Crippen LogP contribution in [0.3, 0.4) is 0 Å². The second-order valence-corrected chi connectivity index (χ2v) is 2.74. The van der Waals surface area contributed by atoms with E-state index in [1.165, 1.54) is 0 Å². The van der Waals surface area contributed by atoms with Crippen LogP contribution < -0.4 is 0 Å². The SMILES string of the molecule is COC(=O)Cc1ccc(C(F)F)nc1F. The molecule has 3 nitrogen and oxygen atoms in total. The summed E-state index contributed by atoms with van der Waals surface area (Å²) in [6.45, 7) is 0. The molecule has 6 heteroatoms. The van der Waals surface area contributed by atoms with Crippen LogP contribution in [0.2, 0.25) is 0 Å². The molecule has 1 aromatic rings. The summed E-state index contributed by atoms with van der Waals surface area (Å²) in [5, 5.41) is 0. The van der Waals surface area contributed by atoms with E-state index in [0.717, 1.165) is 19.2 Å². The summed E-state index contributed by atoms with van der Waals surface area (Å²) in [6, 6.07) is 2.08. The molecule has 0 radical (unpaired) electrons. The topological polar surface area (TPSA) is 39.2 Å². The van der Waals surface area contributed by atoms with Crippen LogP contribution in [0.25, 0.3) is 0 Å². The minimum atomic E-state index is -2.83. The summed E-state index contributed by atoms with van der Waals surface area (Å²) < 4.78 is 41.5. The number of alkyl halides is 2. The van der Waals surface area contributed by atoms with Crippen molar-refractivity contribution in [1.29, 1.82) is 0 Å². The van der Waals surface area contributed by atoms with Crippen LogP contribution in [0.1, 0.15) is 17.7 Å². The van der Waals surface area contributed by atoms with Crippen LogP contribution in [0.4, 0.5) is 13.2 Å². The number of halogens is 3. The Kier molecular flexibility index (Phi) is 3.65. The fraction of sp³-hybridized carbons (Fsp3) is 0.333. The molecule has 0 aliphatic carbocycles. The van der Waals surface area contributed by atoms with Gasteiger partial charge in [0.1, 0.15) is 5.69 Å². The first-order valence-electron chi connectivity index (χ1n) is 4.05. The summed E-state index contributed by atoms with van der Waals surface area (Å²) in [4.78, 5) is 13.8. The first-order valence-corrected chi connectivity index (χ1v) is 4.05. The van der Waals surface area contributed by atoms with Gasteiger partial charge in [-0.1, -0.05) is 6.07 Å². The molecular weight excluding hydrogens is 211 g/mol. The monoisotopic (exact) mass is 219 g/mol. The molecule has 0 saturated carbocycles. The van der Waals surface area contributed by atoms with Gasteiger partial charge in [0.2, 0.25) is 5.95 Å². The van der Waals surface area contributed by atoms with Gasteiger partial charge >= 0.3 is 5.97 Å². The van der Waals surface area contributed by atoms with Crippen LogP contribution in [0.5, 0.6) is 0 Å². The number of carbonyl (C=O) groups is 1. The van der Waals surface area contributed by atoms with E-state index in [-0.39, 0.29) is 12.0 Å². The quantitative estimate of drug-likeness (QED) is 0.575. The molecule has 0 fully saturated rings. The smallest absolute Gasteiger partial charge is 0.310 e. The third kappa shape index (κ3) is 2.93. The van der Waals surface area contributed by atoms with E-state index in [1.54, 1.807) is 0 Å². The summed E-state index contributed by atoms with van der Waals surface area (Å²) >= 11 is 0. The first kappa shape index (κ1) is 11.5. The van der Waals surface area contributed by atoms with Crippen molar-refractivity contribution in [1.82, 2.24) is 4.98 Å². The Balaban J connectivity index is 2.88. The third-order valence-electron chi connectivity index (χ3n) is 1.73. The number of hydrogen-bond donors (Lipinski definition) is 0. The molecule has 15 heavy (non-hydrogen) atoms. The Hall–Kier alpha value is -1.59. The molecule has 0 unspecified atom stereocenters. The Bertz CT molecular complexity index is 368. The van der Waals surface area contributed by atoms with Crippen molar-refractivity contribution in [2.75, 3.05) is 7.11 Å². The van der Waals surface area contributed by atoms with Crippen molar-refractivity contribution >= 4 is 5.97 Å². The van der Waals surface area contributed by atoms with Gasteiger partial charge in [0.25, 0.3) is 6.43 Å². The Labute approximate surface area is 83.9 Å². The fourth-order valence-corrected chi connectivity index (χ4v) is 0.958. The second-order valence-electron chi connectivity index (χ2n) is 2.74. The normalized spacial score (nSPS) is 10.5. The van der Waals surface area contributed by atoms with Crippen LogP contribution in [0.15, 0.2) is 12.1 Å². The van der Waals surface area contributed by atoms with Crippen LogP contribution in [-0.2, 0) is 16.0 Å². The molecule has 0 bridgehead atoms. The van der Waals surface area contributed by atoms with E-state index in [9.17, 15) is 18.0 Å². The number of rotatable bonds is 3. The zero-order valence-electron chi connectivity index (χ0n) is 7.84. The Morgan fingerprint density at radius 2 is 2.20 bits per heavy atom. The molecule has 0 amide bonds. The lowest BCUT2D eigenvalue weighted by atomic mass is 10.2. The van der Waals surface area contributed by atoms with Crippen molar-refractivity contribution in [3.8, 4) is 0 Å². The summed E-state index contributed by atoms with van der Waals surface area (Å²) in [7, 11) is 1.15. The van der Waals surface area contributed by atoms with Gasteiger partial charge in [-0.2, -0.15) is 4.39 Å². The van der Waals surface area contributed by atoms with Crippen molar-refractivity contribution in [3.63, 3.8) is 0 Å². The average molecular weight is 219 g/mol. The number of nitrogens with zero attached hydrogens (tertiary/aromatic N) is 1. The number of ether oxygens (including phenoxy) is 1. The Morgan fingerprint density at radius 1 is 1.53 bits per heavy atom. The molecule has 0 aliphatic heterocycles. The highest BCUT2D eigenvalue weighted by molar-refractivity contribution is 5.72. The van der Waals surface area contributed by atoms with Gasteiger partial charge in [-0.15, -0.1) is 0 Å². The Morgan fingerprint density at radius 3 is 2.67 bits per heavy atom. The lowest BCUT2D eigenvalue weighted by Crippen LogP contribution is -2.08. The van der Waals surface area contributed by atoms with Crippen LogP contribution in [0, 0.1) is 5.95 Å². The third-order valence-corrected chi connectivity index (χ3v) is 1.73. The minimum Gasteiger partial charge on any atom is -0.469 e. The standard InChI is InChI=1S/C9H8F3NO2/c1-15-7(14)4-5-2-3-6(8(10)11)13-9(5)12/h2-3,8H,4H2,1H3. The maximum Gasteiger partial charge on any atom is 0.310 e. The molecule has 1 heterocycles. The van der Waals surface area contributed by atoms with Gasteiger partial charge < -0.3 is 4.74 Å². The van der Waals surface area contributed by atoms with Gasteiger partial charge in [-0.3, -0.25) is 4.79 Å². The maximum atomic E-state index is 13.1. The number of pyridine rings is 1. The fourth-order valence-electron chi connectivity index (χ4n) is 0.958. The number of hydrogen-bond acceptors (Lipinski definition) is 3. The van der Waals surface area contributed by atoms with Crippen molar-refractivity contribution < 1.29 is 22.7 Å². The van der Waals surface area contributed by atoms with Crippen molar-refractivity contribution in [2.45, 2.75) is 12.8 Å². The number of methoxy groups -OCH3 is 1. The van der Waals surface area contributed by atoms with Crippen LogP contribution >= 0.6 is 0 Å². The van der Waals surface area contributed by atoms with Gasteiger partial charge in [-0.05, 0) is 6.07 Å². The summed E-state index contributed by atoms with van der Waals surface area (Å²) in [6.07, 6.45) is -3.15. The first-order chi connectivity index (χ1) is 7.04. The lowest BCUT2D eigenvalue weighted by molar-refractivity contribution is -0.139. The second kappa shape index (κ2) is 4.77. The van der Waals surface area contributed by atoms with Crippen molar-refractivity contribution in [3.05, 3.63) is 29.3 Å². The predicted octanol–water partition coefficient (Wildman–Crippen LogP) is 1.87. The molecule has 0 saturated heterocycles. The van der Waals surface area contributed by atoms with Crippen molar-refractivity contribution in [2.24, 2.45) is 0 Å². The number of aromatic nitrogens is 1. The van der Waals surface area contributed by atoms with Gasteiger partial charge in [0, 0.05) is 5.56 Å². The van der Waals surface area contributed by atoms with E-state index < -0.39 is 24.0 Å². The highest BCUT2D eigenvalue weighted by Crippen LogP contribution is 2.18. The van der Waals surface area contributed by atoms with Gasteiger partial charge in [0.05, 0.1) is 13.5 Å². The molecule has 0 spiro atoms. The molecule has 82 valence electrons. The average Bonchev–Trinajstić information content (AvgIpc) is 2.20. The van der Waals surface area contributed by atoms with E-state index in [0.29, 0.717) is 0 Å². The lowest BCUT2D eigenvalue weighted by Gasteiger charge is -2.03. The van der Waals surface area contributed by atoms with E-state index in [2.05, 4.69) is 9.72 Å². The largest absolute Gasteiger partial charge is 0.469 e. The molecule has 1 rings (SSSR count).